The molecule has 110 valence electrons. The van der Waals surface area contributed by atoms with Crippen molar-refractivity contribution >= 4 is 11.3 Å². The highest BCUT2D eigenvalue weighted by Gasteiger charge is 2.09. The summed E-state index contributed by atoms with van der Waals surface area (Å²) in [6, 6.07) is 13.8. The molecular weight excluding hydrogens is 318 g/mol. The van der Waals surface area contributed by atoms with Gasteiger partial charge in [0.25, 0.3) is 0 Å². The van der Waals surface area contributed by atoms with E-state index in [1.807, 2.05) is 41.8 Å². The molecule has 0 saturated heterocycles. The van der Waals surface area contributed by atoms with Crippen molar-refractivity contribution in [2.45, 2.75) is 0 Å². The second-order valence-electron chi connectivity index (χ2n) is 3.61. The van der Waals surface area contributed by atoms with Crippen LogP contribution in [0.25, 0.3) is 10.4 Å². The van der Waals surface area contributed by atoms with Gasteiger partial charge in [-0.05, 0) is 30.3 Å². The molecule has 0 atom stereocenters. The summed E-state index contributed by atoms with van der Waals surface area (Å²) in [5.74, 6) is 0.849. The Hall–Kier alpha value is -1.79. The number of rotatable bonds is 2. The smallest absolute Gasteiger partial charge is 0.238 e. The largest absolute Gasteiger partial charge is 0.497 e. The summed E-state index contributed by atoms with van der Waals surface area (Å²) in [5, 5.41) is 10.6. The summed E-state index contributed by atoms with van der Waals surface area (Å²) in [6.07, 6.45) is 0. The summed E-state index contributed by atoms with van der Waals surface area (Å²) >= 11 is 1.57. The first-order valence-electron chi connectivity index (χ1n) is 5.41. The van der Waals surface area contributed by atoms with Crippen molar-refractivity contribution < 1.29 is 33.6 Å². The number of ether oxygens (including phenoxy) is 1. The quantitative estimate of drug-likeness (QED) is 0.639. The van der Waals surface area contributed by atoms with Gasteiger partial charge in [0.15, 0.2) is 0 Å². The Balaban J connectivity index is 0.000000383. The highest BCUT2D eigenvalue weighted by Crippen LogP contribution is 2.26. The molecule has 0 fully saturated rings. The van der Waals surface area contributed by atoms with Gasteiger partial charge in [0, 0.05) is 11.6 Å². The van der Waals surface area contributed by atoms with Crippen LogP contribution < -0.4 is 23.4 Å². The summed E-state index contributed by atoms with van der Waals surface area (Å²) in [6.45, 7) is 0. The predicted molar refractivity (Wildman–Crippen MR) is 65.4 cm³/mol. The normalized spacial score (nSPS) is 10.1. The van der Waals surface area contributed by atoms with Crippen LogP contribution in [0.2, 0.25) is 0 Å². The van der Waals surface area contributed by atoms with E-state index in [0.29, 0.717) is 5.56 Å². The highest BCUT2D eigenvalue weighted by molar-refractivity contribution is 7.13. The minimum absolute atomic E-state index is 0.697. The minimum atomic E-state index is -4.94. The number of nitrogens with zero attached hydrogens (tertiary/aromatic N) is 1. The van der Waals surface area contributed by atoms with E-state index in [9.17, 15) is 0 Å². The van der Waals surface area contributed by atoms with E-state index in [2.05, 4.69) is 6.07 Å². The fourth-order valence-corrected chi connectivity index (χ4v) is 2.16. The number of halogens is 1. The molecule has 1 heterocycles. The van der Waals surface area contributed by atoms with Gasteiger partial charge in [-0.1, -0.05) is 0 Å². The summed E-state index contributed by atoms with van der Waals surface area (Å²) in [7, 11) is -3.29. The average Bonchev–Trinajstić information content (AvgIpc) is 2.46. The molecule has 0 unspecified atom stereocenters. The molecule has 0 N–H and O–H groups in total. The lowest BCUT2D eigenvalue weighted by Crippen LogP contribution is -2.68. The Kier molecular flexibility index (Phi) is 6.45. The van der Waals surface area contributed by atoms with Gasteiger partial charge < -0.3 is 4.74 Å². The Morgan fingerprint density at radius 1 is 1.05 bits per heavy atom. The number of methoxy groups -OCH3 is 1. The summed E-state index contributed by atoms with van der Waals surface area (Å²) in [5.41, 5.74) is 1.83. The van der Waals surface area contributed by atoms with E-state index in [1.54, 1.807) is 18.4 Å². The van der Waals surface area contributed by atoms with Crippen LogP contribution >= 0.6 is 11.3 Å². The minimum Gasteiger partial charge on any atom is -0.497 e. The maximum Gasteiger partial charge on any atom is 0.238 e. The Labute approximate surface area is 127 Å². The molecule has 21 heavy (non-hydrogen) atoms. The Bertz CT molecular complexity index is 598. The van der Waals surface area contributed by atoms with Crippen LogP contribution in [0.1, 0.15) is 5.56 Å². The lowest BCUT2D eigenvalue weighted by molar-refractivity contribution is -2.00. The average molecular weight is 328 g/mol. The van der Waals surface area contributed by atoms with Crippen LogP contribution in [0.5, 0.6) is 5.75 Å². The predicted octanol–water partition coefficient (Wildman–Crippen LogP) is -1.18. The van der Waals surface area contributed by atoms with Crippen LogP contribution in [0, 0.1) is 21.6 Å². The third-order valence-electron chi connectivity index (χ3n) is 2.23. The molecule has 0 aliphatic rings. The summed E-state index contributed by atoms with van der Waals surface area (Å²) < 4.78 is 39.1. The molecule has 0 bridgehead atoms. The zero-order chi connectivity index (χ0) is 15.9. The third kappa shape index (κ3) is 6.97. The monoisotopic (exact) mass is 327 g/mol. The number of hydrogen-bond donors (Lipinski definition) is 0. The number of hydrogen-bond acceptors (Lipinski definition) is 6. The van der Waals surface area contributed by atoms with Gasteiger partial charge in [0.05, 0.1) is 7.11 Å². The van der Waals surface area contributed by atoms with E-state index >= 15 is 0 Å². The van der Waals surface area contributed by atoms with E-state index < -0.39 is 10.2 Å². The zero-order valence-corrected chi connectivity index (χ0v) is 12.4. The van der Waals surface area contributed by atoms with Crippen molar-refractivity contribution in [2.24, 2.45) is 0 Å². The topological polar surface area (TPSA) is 125 Å². The Morgan fingerprint density at radius 2 is 1.62 bits per heavy atom. The van der Waals surface area contributed by atoms with Crippen molar-refractivity contribution in [1.29, 1.82) is 5.26 Å². The molecule has 0 aliphatic carbocycles. The van der Waals surface area contributed by atoms with E-state index in [4.69, 9.17) is 28.6 Å². The van der Waals surface area contributed by atoms with Crippen molar-refractivity contribution in [1.82, 2.24) is 0 Å². The van der Waals surface area contributed by atoms with E-state index in [1.165, 1.54) is 0 Å². The summed E-state index contributed by atoms with van der Waals surface area (Å²) in [4.78, 5) is 1.14. The van der Waals surface area contributed by atoms with Crippen LogP contribution in [0.3, 0.4) is 0 Å². The second-order valence-corrected chi connectivity index (χ2v) is 5.27. The van der Waals surface area contributed by atoms with Gasteiger partial charge in [0.2, 0.25) is 21.6 Å². The van der Waals surface area contributed by atoms with E-state index in [-0.39, 0.29) is 0 Å². The second kappa shape index (κ2) is 7.85. The van der Waals surface area contributed by atoms with Gasteiger partial charge in [-0.15, -0.1) is 10.2 Å². The number of benzene rings is 1. The van der Waals surface area contributed by atoms with E-state index in [0.717, 1.165) is 16.2 Å². The first-order valence-corrected chi connectivity index (χ1v) is 7.53. The molecule has 1 aromatic heterocycles. The van der Waals surface area contributed by atoms with Gasteiger partial charge >= 0.3 is 0 Å². The van der Waals surface area contributed by atoms with Gasteiger partial charge in [-0.3, -0.25) is 0 Å². The fraction of sp³-hybridized carbons (Fsp3) is 0.0769. The molecule has 6 nitrogen and oxygen atoms in total. The third-order valence-corrected chi connectivity index (χ3v) is 3.23. The molecular formula is C13H10ClNO5S. The van der Waals surface area contributed by atoms with Gasteiger partial charge in [0.1, 0.15) is 17.4 Å². The molecule has 0 saturated carbocycles. The molecule has 2 aromatic rings. The highest BCUT2D eigenvalue weighted by atomic mass is 35.7. The Morgan fingerprint density at radius 3 is 2.00 bits per heavy atom. The standard InChI is InChI=1S/C13H10NOS.ClHO4/c1-15-12-5-3-11(4-6-12)13-7-2-10(8-14)9-16-13;2-1(3,4)5/h2-7,9H,1H3;(H,2,3,4,5)/q+1;/p-1. The van der Waals surface area contributed by atoms with Crippen molar-refractivity contribution in [3.05, 3.63) is 47.3 Å². The molecule has 8 heteroatoms. The molecule has 0 spiro atoms. The van der Waals surface area contributed by atoms with Crippen LogP contribution in [0.4, 0.5) is 0 Å². The molecule has 0 aliphatic heterocycles. The van der Waals surface area contributed by atoms with Crippen molar-refractivity contribution in [3.63, 3.8) is 0 Å². The zero-order valence-electron chi connectivity index (χ0n) is 10.8. The molecule has 1 aromatic carbocycles. The maximum atomic E-state index is 8.71. The molecule has 2 rings (SSSR count). The van der Waals surface area contributed by atoms with Crippen molar-refractivity contribution in [3.8, 4) is 22.3 Å². The molecule has 0 radical (unpaired) electrons. The van der Waals surface area contributed by atoms with Gasteiger partial charge in [-0.2, -0.15) is 5.26 Å². The van der Waals surface area contributed by atoms with Crippen LogP contribution in [-0.4, -0.2) is 7.11 Å². The van der Waals surface area contributed by atoms with Crippen molar-refractivity contribution in [2.75, 3.05) is 7.11 Å². The lowest BCUT2D eigenvalue weighted by atomic mass is 10.2. The number of nitriles is 1. The fourth-order valence-electron chi connectivity index (χ4n) is 1.35. The lowest BCUT2D eigenvalue weighted by Gasteiger charge is -2.17. The first-order chi connectivity index (χ1) is 9.83. The molecule has 0 amide bonds. The first kappa shape index (κ1) is 17.3. The van der Waals surface area contributed by atoms with Crippen LogP contribution in [0.15, 0.2) is 41.8 Å². The van der Waals surface area contributed by atoms with Crippen LogP contribution in [-0.2, 0) is 0 Å². The maximum absolute atomic E-state index is 8.71. The van der Waals surface area contributed by atoms with Gasteiger partial charge in [-0.25, -0.2) is 18.6 Å². The SMILES string of the molecule is COc1ccc(-c2ccc(C#N)c[s+]2)cc1.[O-][Cl+3]([O-])([O-])[O-].